The molecular weight excluding hydrogens is 414 g/mol. The molecular formula is C17H18ClN9O3. The molecule has 1 fully saturated rings. The molecule has 1 aliphatic rings. The van der Waals surface area contributed by atoms with Crippen molar-refractivity contribution in [2.24, 2.45) is 5.10 Å². The van der Waals surface area contributed by atoms with Gasteiger partial charge < -0.3 is 10.5 Å². The monoisotopic (exact) mass is 431 g/mol. The molecule has 0 bridgehead atoms. The van der Waals surface area contributed by atoms with E-state index in [4.69, 9.17) is 22.1 Å². The lowest BCUT2D eigenvalue weighted by molar-refractivity contribution is 0.0335. The maximum atomic E-state index is 12.9. The van der Waals surface area contributed by atoms with E-state index in [1.807, 2.05) is 6.07 Å². The number of nitrogens with two attached hydrogens (primary N) is 1. The van der Waals surface area contributed by atoms with E-state index in [2.05, 4.69) is 40.7 Å². The number of aromatic nitrogens is 5. The number of hydrazone groups is 1. The van der Waals surface area contributed by atoms with Gasteiger partial charge in [0.15, 0.2) is 5.69 Å². The van der Waals surface area contributed by atoms with Crippen molar-refractivity contribution < 1.29 is 14.2 Å². The molecule has 0 spiro atoms. The molecule has 0 unspecified atom stereocenters. The van der Waals surface area contributed by atoms with E-state index in [9.17, 15) is 4.79 Å². The SMILES string of the molecule is Nc1nonc1-n1nnc(CN2CCOCC2)c1C(=O)N/N=C/c1ccccc1Cl. The standard InChI is InChI=1S/C17H18ClN9O3/c18-12-4-2-1-3-11(12)9-20-22-17(28)14-13(10-26-5-7-29-8-6-26)21-25-27(14)16-15(19)23-30-24-16/h1-4,9H,5-8,10H2,(H2,19,23)(H,22,28)/b20-9+. The molecule has 0 saturated carbocycles. The van der Waals surface area contributed by atoms with Crippen molar-refractivity contribution in [3.63, 3.8) is 0 Å². The van der Waals surface area contributed by atoms with Crippen LogP contribution in [0.15, 0.2) is 34.0 Å². The second-order valence-corrected chi connectivity index (χ2v) is 6.79. The number of carbonyl (C=O) groups is 1. The van der Waals surface area contributed by atoms with Crippen molar-refractivity contribution >= 4 is 29.5 Å². The van der Waals surface area contributed by atoms with Crippen LogP contribution in [0.2, 0.25) is 5.02 Å². The lowest BCUT2D eigenvalue weighted by atomic mass is 10.2. The summed E-state index contributed by atoms with van der Waals surface area (Å²) in [6.07, 6.45) is 1.45. The highest BCUT2D eigenvalue weighted by Gasteiger charge is 2.26. The molecule has 2 aromatic heterocycles. The van der Waals surface area contributed by atoms with Crippen LogP contribution in [0.3, 0.4) is 0 Å². The number of amides is 1. The Labute approximate surface area is 175 Å². The highest BCUT2D eigenvalue weighted by Crippen LogP contribution is 2.18. The van der Waals surface area contributed by atoms with Gasteiger partial charge in [-0.15, -0.1) is 5.10 Å². The minimum Gasteiger partial charge on any atom is -0.379 e. The summed E-state index contributed by atoms with van der Waals surface area (Å²) in [6.45, 7) is 3.04. The van der Waals surface area contributed by atoms with Gasteiger partial charge in [-0.1, -0.05) is 35.0 Å². The molecule has 1 aliphatic heterocycles. The molecule has 30 heavy (non-hydrogen) atoms. The van der Waals surface area contributed by atoms with Crippen LogP contribution in [0.5, 0.6) is 0 Å². The summed E-state index contributed by atoms with van der Waals surface area (Å²) in [5, 5.41) is 19.9. The molecule has 0 aliphatic carbocycles. The Balaban J connectivity index is 1.60. The van der Waals surface area contributed by atoms with Crippen molar-refractivity contribution in [3.05, 3.63) is 46.2 Å². The average molecular weight is 432 g/mol. The molecule has 12 nitrogen and oxygen atoms in total. The van der Waals surface area contributed by atoms with Gasteiger partial charge in [0.2, 0.25) is 11.6 Å². The van der Waals surface area contributed by atoms with Crippen molar-refractivity contribution in [1.29, 1.82) is 0 Å². The summed E-state index contributed by atoms with van der Waals surface area (Å²) in [7, 11) is 0. The van der Waals surface area contributed by atoms with Crippen molar-refractivity contribution in [1.82, 2.24) is 35.6 Å². The van der Waals surface area contributed by atoms with Gasteiger partial charge >= 0.3 is 0 Å². The largest absolute Gasteiger partial charge is 0.379 e. The first-order valence-electron chi connectivity index (χ1n) is 9.04. The fourth-order valence-electron chi connectivity index (χ4n) is 2.90. The summed E-state index contributed by atoms with van der Waals surface area (Å²) in [4.78, 5) is 15.1. The number of carbonyl (C=O) groups excluding carboxylic acids is 1. The summed E-state index contributed by atoms with van der Waals surface area (Å²) < 4.78 is 11.2. The van der Waals surface area contributed by atoms with Gasteiger partial charge in [0.05, 0.1) is 19.4 Å². The third kappa shape index (κ3) is 4.30. The molecule has 3 heterocycles. The molecule has 0 radical (unpaired) electrons. The predicted octanol–water partition coefficient (Wildman–Crippen LogP) is 0.482. The van der Waals surface area contributed by atoms with Crippen LogP contribution in [0.4, 0.5) is 5.82 Å². The Bertz CT molecular complexity index is 1060. The van der Waals surface area contributed by atoms with E-state index in [0.717, 1.165) is 0 Å². The number of nitrogens with zero attached hydrogens (tertiary/aromatic N) is 7. The first kappa shape index (κ1) is 19.9. The van der Waals surface area contributed by atoms with E-state index in [1.165, 1.54) is 10.9 Å². The first-order chi connectivity index (χ1) is 14.6. The van der Waals surface area contributed by atoms with Gasteiger partial charge in [-0.25, -0.2) is 10.1 Å². The number of anilines is 1. The van der Waals surface area contributed by atoms with Crippen molar-refractivity contribution in [2.75, 3.05) is 32.0 Å². The first-order valence-corrected chi connectivity index (χ1v) is 9.42. The number of halogens is 1. The Kier molecular flexibility index (Phi) is 5.97. The topological polar surface area (TPSA) is 150 Å². The minimum absolute atomic E-state index is 0.0218. The van der Waals surface area contributed by atoms with Gasteiger partial charge in [-0.3, -0.25) is 9.69 Å². The zero-order valence-electron chi connectivity index (χ0n) is 15.7. The van der Waals surface area contributed by atoms with Crippen molar-refractivity contribution in [3.8, 4) is 5.82 Å². The Morgan fingerprint density at radius 2 is 2.10 bits per heavy atom. The van der Waals surface area contributed by atoms with Gasteiger partial charge in [0, 0.05) is 30.2 Å². The number of rotatable bonds is 6. The molecule has 1 saturated heterocycles. The summed E-state index contributed by atoms with van der Waals surface area (Å²) in [6, 6.07) is 7.12. The van der Waals surface area contributed by atoms with Gasteiger partial charge in [-0.2, -0.15) is 9.78 Å². The summed E-state index contributed by atoms with van der Waals surface area (Å²) >= 11 is 6.10. The fourth-order valence-corrected chi connectivity index (χ4v) is 3.08. The van der Waals surface area contributed by atoms with Crippen LogP contribution in [0.25, 0.3) is 5.82 Å². The van der Waals surface area contributed by atoms with Crippen LogP contribution in [0.1, 0.15) is 21.7 Å². The number of nitrogen functional groups attached to an aromatic ring is 1. The van der Waals surface area contributed by atoms with Crippen LogP contribution >= 0.6 is 11.6 Å². The average Bonchev–Trinajstić information content (AvgIpc) is 3.36. The highest BCUT2D eigenvalue weighted by atomic mass is 35.5. The number of nitrogens with one attached hydrogen (secondary N) is 1. The molecule has 1 amide bonds. The molecule has 1 aromatic carbocycles. The smallest absolute Gasteiger partial charge is 0.292 e. The maximum absolute atomic E-state index is 12.9. The number of hydrogen-bond acceptors (Lipinski definition) is 10. The predicted molar refractivity (Wildman–Crippen MR) is 106 cm³/mol. The van der Waals surface area contributed by atoms with Crippen LogP contribution in [0, 0.1) is 0 Å². The molecule has 3 N–H and O–H groups in total. The Morgan fingerprint density at radius 1 is 1.30 bits per heavy atom. The third-order valence-electron chi connectivity index (χ3n) is 4.40. The highest BCUT2D eigenvalue weighted by molar-refractivity contribution is 6.33. The lowest BCUT2D eigenvalue weighted by Gasteiger charge is -2.25. The Morgan fingerprint density at radius 3 is 2.83 bits per heavy atom. The van der Waals surface area contributed by atoms with Crippen LogP contribution in [-0.4, -0.2) is 68.6 Å². The lowest BCUT2D eigenvalue weighted by Crippen LogP contribution is -2.36. The molecule has 3 aromatic rings. The molecule has 0 atom stereocenters. The van der Waals surface area contributed by atoms with Gasteiger partial charge in [-0.05, 0) is 16.4 Å². The molecule has 156 valence electrons. The number of morpholine rings is 1. The fraction of sp³-hybridized carbons (Fsp3) is 0.294. The molecule has 4 rings (SSSR count). The van der Waals surface area contributed by atoms with E-state index in [1.54, 1.807) is 18.2 Å². The maximum Gasteiger partial charge on any atom is 0.292 e. The van der Waals surface area contributed by atoms with Crippen LogP contribution in [-0.2, 0) is 11.3 Å². The van der Waals surface area contributed by atoms with Crippen molar-refractivity contribution in [2.45, 2.75) is 6.54 Å². The van der Waals surface area contributed by atoms with E-state index < -0.39 is 5.91 Å². The molecule has 13 heteroatoms. The third-order valence-corrected chi connectivity index (χ3v) is 4.75. The van der Waals surface area contributed by atoms with E-state index in [-0.39, 0.29) is 17.3 Å². The van der Waals surface area contributed by atoms with E-state index >= 15 is 0 Å². The zero-order chi connectivity index (χ0) is 20.9. The Hall–Kier alpha value is -3.35. The van der Waals surface area contributed by atoms with Crippen LogP contribution < -0.4 is 11.2 Å². The number of hydrogen-bond donors (Lipinski definition) is 2. The normalized spacial score (nSPS) is 15.0. The zero-order valence-corrected chi connectivity index (χ0v) is 16.5. The van der Waals surface area contributed by atoms with E-state index in [0.29, 0.717) is 49.1 Å². The van der Waals surface area contributed by atoms with Gasteiger partial charge in [0.1, 0.15) is 5.69 Å². The summed E-state index contributed by atoms with van der Waals surface area (Å²) in [5.74, 6) is -0.503. The number of ether oxygens (including phenoxy) is 1. The second-order valence-electron chi connectivity index (χ2n) is 6.38. The summed E-state index contributed by atoms with van der Waals surface area (Å²) in [5.41, 5.74) is 9.45. The minimum atomic E-state index is -0.547. The second kappa shape index (κ2) is 8.98. The van der Waals surface area contributed by atoms with Gasteiger partial charge in [0.25, 0.3) is 5.91 Å². The number of benzene rings is 1. The quantitative estimate of drug-likeness (QED) is 0.419.